The number of carbonyl (C=O) groups is 1. The molecule has 0 aliphatic heterocycles. The molecule has 3 aromatic rings. The van der Waals surface area contributed by atoms with Gasteiger partial charge in [-0.05, 0) is 49.2 Å². The Labute approximate surface area is 181 Å². The number of rotatable bonds is 8. The number of hydrogen-bond donors (Lipinski definition) is 2. The van der Waals surface area contributed by atoms with Gasteiger partial charge in [-0.1, -0.05) is 48.0 Å². The van der Waals surface area contributed by atoms with E-state index in [1.807, 2.05) is 25.1 Å². The van der Waals surface area contributed by atoms with Crippen LogP contribution in [0.3, 0.4) is 0 Å². The lowest BCUT2D eigenvalue weighted by Crippen LogP contribution is -2.45. The maximum absolute atomic E-state index is 13.7. The molecule has 0 saturated carbocycles. The Kier molecular flexibility index (Phi) is 7.04. The minimum absolute atomic E-state index is 0.0219. The Bertz CT molecular complexity index is 1150. The van der Waals surface area contributed by atoms with Crippen LogP contribution in [-0.2, 0) is 21.2 Å². The number of amides is 1. The van der Waals surface area contributed by atoms with Gasteiger partial charge in [0.2, 0.25) is 15.9 Å². The van der Waals surface area contributed by atoms with Crippen LogP contribution < -0.4 is 14.8 Å². The molecule has 3 rings (SSSR count). The molecule has 0 bridgehead atoms. The third-order valence-corrected chi connectivity index (χ3v) is 6.12. The number of carbonyl (C=O) groups excluding carboxylic acids is 1. The smallest absolute Gasteiger partial charge is 0.245 e. The second-order valence-corrected chi connectivity index (χ2v) is 8.70. The molecule has 0 heterocycles. The molecule has 0 aromatic heterocycles. The number of benzene rings is 3. The van der Waals surface area contributed by atoms with Crippen molar-refractivity contribution in [3.63, 3.8) is 0 Å². The topological polar surface area (TPSA) is 84.5 Å². The Morgan fingerprint density at radius 3 is 2.35 bits per heavy atom. The summed E-state index contributed by atoms with van der Waals surface area (Å²) >= 11 is 0. The van der Waals surface area contributed by atoms with Crippen LogP contribution in [0.5, 0.6) is 5.75 Å². The zero-order valence-corrected chi connectivity index (χ0v) is 17.9. The first-order valence-corrected chi connectivity index (χ1v) is 11.0. The zero-order chi connectivity index (χ0) is 22.4. The molecule has 0 radical (unpaired) electrons. The highest BCUT2D eigenvalue weighted by Crippen LogP contribution is 2.25. The average molecular weight is 443 g/mol. The van der Waals surface area contributed by atoms with Crippen molar-refractivity contribution in [3.05, 3.63) is 89.7 Å². The molecule has 8 heteroatoms. The predicted molar refractivity (Wildman–Crippen MR) is 117 cm³/mol. The van der Waals surface area contributed by atoms with Gasteiger partial charge in [0.25, 0.3) is 0 Å². The van der Waals surface area contributed by atoms with E-state index in [1.54, 1.807) is 36.4 Å². The molecule has 1 atom stereocenters. The molecular formula is C23H23FN2O4S. The van der Waals surface area contributed by atoms with E-state index in [4.69, 9.17) is 4.74 Å². The summed E-state index contributed by atoms with van der Waals surface area (Å²) in [5, 5.41) is 2.73. The molecule has 31 heavy (non-hydrogen) atoms. The Morgan fingerprint density at radius 1 is 1.03 bits per heavy atom. The molecule has 1 amide bonds. The van der Waals surface area contributed by atoms with Crippen LogP contribution >= 0.6 is 0 Å². The van der Waals surface area contributed by atoms with Crippen molar-refractivity contribution < 1.29 is 22.3 Å². The van der Waals surface area contributed by atoms with Crippen LogP contribution in [0.15, 0.2) is 77.7 Å². The Hall–Kier alpha value is -3.23. The first kappa shape index (κ1) is 22.5. The molecule has 6 nitrogen and oxygen atoms in total. The summed E-state index contributed by atoms with van der Waals surface area (Å²) in [6.45, 7) is 1.92. The van der Waals surface area contributed by atoms with E-state index >= 15 is 0 Å². The van der Waals surface area contributed by atoms with E-state index in [1.165, 1.54) is 13.2 Å². The number of methoxy groups -OCH3 is 1. The number of halogens is 1. The third kappa shape index (κ3) is 5.90. The highest BCUT2D eigenvalue weighted by Gasteiger charge is 2.28. The van der Waals surface area contributed by atoms with E-state index in [9.17, 15) is 17.6 Å². The van der Waals surface area contributed by atoms with E-state index in [0.29, 0.717) is 5.69 Å². The number of ether oxygens (including phenoxy) is 1. The summed E-state index contributed by atoms with van der Waals surface area (Å²) in [6, 6.07) is 18.2. The minimum Gasteiger partial charge on any atom is -0.495 e. The summed E-state index contributed by atoms with van der Waals surface area (Å²) in [4.78, 5) is 12.6. The van der Waals surface area contributed by atoms with Gasteiger partial charge in [0.05, 0.1) is 7.11 Å². The normalized spacial score (nSPS) is 12.2. The summed E-state index contributed by atoms with van der Waals surface area (Å²) < 4.78 is 47.3. The standard InChI is InChI=1S/C23H23FN2O4S/c1-16-8-11-19(12-9-16)25-23(27)20(14-17-6-4-3-5-7-17)26-31(28,29)22-15-18(24)10-13-21(22)30-2/h3-13,15,20,26H,14H2,1-2H3,(H,25,27). The SMILES string of the molecule is COc1ccc(F)cc1S(=O)(=O)NC(Cc1ccccc1)C(=O)Nc1ccc(C)cc1. The van der Waals surface area contributed by atoms with Crippen LogP contribution in [0.4, 0.5) is 10.1 Å². The second kappa shape index (κ2) is 9.72. The van der Waals surface area contributed by atoms with Gasteiger partial charge in [0.15, 0.2) is 0 Å². The molecule has 162 valence electrons. The molecule has 1 unspecified atom stereocenters. The van der Waals surface area contributed by atoms with Crippen LogP contribution in [0.1, 0.15) is 11.1 Å². The van der Waals surface area contributed by atoms with Crippen LogP contribution in [0, 0.1) is 12.7 Å². The lowest BCUT2D eigenvalue weighted by atomic mass is 10.1. The van der Waals surface area contributed by atoms with Gasteiger partial charge in [-0.15, -0.1) is 0 Å². The molecule has 0 aliphatic carbocycles. The van der Waals surface area contributed by atoms with Crippen LogP contribution in [0.2, 0.25) is 0 Å². The molecule has 0 spiro atoms. The molecule has 3 aromatic carbocycles. The predicted octanol–water partition coefficient (Wildman–Crippen LogP) is 3.67. The van der Waals surface area contributed by atoms with E-state index in [0.717, 1.165) is 23.3 Å². The summed E-state index contributed by atoms with van der Waals surface area (Å²) in [5.74, 6) is -1.29. The second-order valence-electron chi connectivity index (χ2n) is 7.01. The fourth-order valence-electron chi connectivity index (χ4n) is 3.02. The lowest BCUT2D eigenvalue weighted by Gasteiger charge is -2.20. The minimum atomic E-state index is -4.26. The lowest BCUT2D eigenvalue weighted by molar-refractivity contribution is -0.117. The number of aryl methyl sites for hydroxylation is 1. The van der Waals surface area contributed by atoms with Crippen molar-refractivity contribution in [1.29, 1.82) is 0 Å². The zero-order valence-electron chi connectivity index (χ0n) is 17.1. The molecule has 0 aliphatic rings. The monoisotopic (exact) mass is 442 g/mol. The molecular weight excluding hydrogens is 419 g/mol. The first-order chi connectivity index (χ1) is 14.8. The number of anilines is 1. The molecule has 0 fully saturated rings. The van der Waals surface area contributed by atoms with Crippen molar-refractivity contribution in [2.45, 2.75) is 24.3 Å². The third-order valence-electron chi connectivity index (χ3n) is 4.63. The quantitative estimate of drug-likeness (QED) is 0.558. The maximum Gasteiger partial charge on any atom is 0.245 e. The number of hydrogen-bond acceptors (Lipinski definition) is 4. The summed E-state index contributed by atoms with van der Waals surface area (Å²) in [5.41, 5.74) is 2.33. The largest absolute Gasteiger partial charge is 0.495 e. The highest BCUT2D eigenvalue weighted by atomic mass is 32.2. The van der Waals surface area contributed by atoms with Crippen LogP contribution in [0.25, 0.3) is 0 Å². The maximum atomic E-state index is 13.7. The van der Waals surface area contributed by atoms with Gasteiger partial charge in [-0.3, -0.25) is 4.79 Å². The van der Waals surface area contributed by atoms with Crippen molar-refractivity contribution in [3.8, 4) is 5.75 Å². The van der Waals surface area contributed by atoms with E-state index in [-0.39, 0.29) is 17.1 Å². The van der Waals surface area contributed by atoms with Crippen LogP contribution in [-0.4, -0.2) is 27.5 Å². The van der Waals surface area contributed by atoms with Crippen molar-refractivity contribution in [2.75, 3.05) is 12.4 Å². The van der Waals surface area contributed by atoms with Gasteiger partial charge in [-0.2, -0.15) is 4.72 Å². The fourth-order valence-corrected chi connectivity index (χ4v) is 4.39. The van der Waals surface area contributed by atoms with Crippen molar-refractivity contribution in [1.82, 2.24) is 4.72 Å². The first-order valence-electron chi connectivity index (χ1n) is 9.56. The van der Waals surface area contributed by atoms with Crippen molar-refractivity contribution in [2.24, 2.45) is 0 Å². The fraction of sp³-hybridized carbons (Fsp3) is 0.174. The van der Waals surface area contributed by atoms with Gasteiger partial charge < -0.3 is 10.1 Å². The van der Waals surface area contributed by atoms with E-state index in [2.05, 4.69) is 10.0 Å². The van der Waals surface area contributed by atoms with Gasteiger partial charge >= 0.3 is 0 Å². The van der Waals surface area contributed by atoms with Gasteiger partial charge in [0.1, 0.15) is 22.5 Å². The Morgan fingerprint density at radius 2 is 1.71 bits per heavy atom. The van der Waals surface area contributed by atoms with Crippen molar-refractivity contribution >= 4 is 21.6 Å². The average Bonchev–Trinajstić information content (AvgIpc) is 2.75. The van der Waals surface area contributed by atoms with Gasteiger partial charge in [0, 0.05) is 5.69 Å². The summed E-state index contributed by atoms with van der Waals surface area (Å²) in [7, 11) is -2.98. The number of sulfonamides is 1. The van der Waals surface area contributed by atoms with Gasteiger partial charge in [-0.25, -0.2) is 12.8 Å². The molecule has 0 saturated heterocycles. The van der Waals surface area contributed by atoms with E-state index < -0.39 is 27.8 Å². The number of nitrogens with one attached hydrogen (secondary N) is 2. The Balaban J connectivity index is 1.91. The molecule has 2 N–H and O–H groups in total. The summed E-state index contributed by atoms with van der Waals surface area (Å²) in [6.07, 6.45) is 0.107. The highest BCUT2D eigenvalue weighted by molar-refractivity contribution is 7.89.